The molecular formula is C24H31N3O5S2. The Morgan fingerprint density at radius 2 is 1.62 bits per heavy atom. The summed E-state index contributed by atoms with van der Waals surface area (Å²) in [6.07, 6.45) is 3.48. The van der Waals surface area contributed by atoms with E-state index in [1.54, 1.807) is 40.7 Å². The van der Waals surface area contributed by atoms with E-state index in [1.165, 1.54) is 25.6 Å². The van der Waals surface area contributed by atoms with E-state index >= 15 is 0 Å². The number of benzene rings is 2. The molecule has 1 amide bonds. The van der Waals surface area contributed by atoms with E-state index in [4.69, 9.17) is 9.47 Å². The highest BCUT2D eigenvalue weighted by Crippen LogP contribution is 2.30. The van der Waals surface area contributed by atoms with E-state index in [0.717, 1.165) is 25.7 Å². The molecule has 0 saturated carbocycles. The van der Waals surface area contributed by atoms with E-state index in [0.29, 0.717) is 45.5 Å². The van der Waals surface area contributed by atoms with Gasteiger partial charge in [-0.3, -0.25) is 10.1 Å². The highest BCUT2D eigenvalue weighted by molar-refractivity contribution is 7.89. The maximum absolute atomic E-state index is 13.3. The molecule has 184 valence electrons. The van der Waals surface area contributed by atoms with Gasteiger partial charge in [-0.2, -0.15) is 4.31 Å². The molecule has 0 atom stereocenters. The predicted molar refractivity (Wildman–Crippen MR) is 136 cm³/mol. The van der Waals surface area contributed by atoms with E-state index < -0.39 is 10.0 Å². The second-order valence-corrected chi connectivity index (χ2v) is 10.8. The van der Waals surface area contributed by atoms with Crippen LogP contribution in [0.3, 0.4) is 0 Å². The highest BCUT2D eigenvalue weighted by atomic mass is 32.2. The lowest BCUT2D eigenvalue weighted by Gasteiger charge is -2.21. The normalized spacial score (nSPS) is 11.7. The van der Waals surface area contributed by atoms with Crippen LogP contribution in [0.25, 0.3) is 10.2 Å². The van der Waals surface area contributed by atoms with Gasteiger partial charge in [-0.25, -0.2) is 13.4 Å². The molecule has 3 rings (SSSR count). The Hall–Kier alpha value is -2.69. The zero-order chi connectivity index (χ0) is 24.7. The molecule has 2 aromatic carbocycles. The molecule has 34 heavy (non-hydrogen) atoms. The summed E-state index contributed by atoms with van der Waals surface area (Å²) in [5.41, 5.74) is 0.984. The number of hydrogen-bond acceptors (Lipinski definition) is 7. The Balaban J connectivity index is 1.85. The molecule has 0 spiro atoms. The first-order valence-corrected chi connectivity index (χ1v) is 13.5. The molecule has 10 heteroatoms. The van der Waals surface area contributed by atoms with E-state index in [2.05, 4.69) is 10.3 Å². The van der Waals surface area contributed by atoms with Crippen molar-refractivity contribution < 1.29 is 22.7 Å². The van der Waals surface area contributed by atoms with E-state index in [-0.39, 0.29) is 10.8 Å². The number of sulfonamides is 1. The van der Waals surface area contributed by atoms with Gasteiger partial charge < -0.3 is 9.47 Å². The summed E-state index contributed by atoms with van der Waals surface area (Å²) in [7, 11) is -0.582. The number of amides is 1. The topological polar surface area (TPSA) is 97.8 Å². The Labute approximate surface area is 205 Å². The standard InChI is InChI=1S/C24H31N3O5S2/c1-5-7-11-27(12-8-6-2)34(29,30)20-9-10-21-22(16-20)33-24(25-21)26-23(28)17-13-18(31-3)15-19(14-17)32-4/h9-10,13-16H,5-8,11-12H2,1-4H3,(H,25,26,28). The van der Waals surface area contributed by atoms with E-state index in [1.807, 2.05) is 13.8 Å². The lowest BCUT2D eigenvalue weighted by Crippen LogP contribution is -2.33. The summed E-state index contributed by atoms with van der Waals surface area (Å²) < 4.78 is 39.3. The van der Waals surface area contributed by atoms with Crippen molar-refractivity contribution in [1.29, 1.82) is 0 Å². The predicted octanol–water partition coefficient (Wildman–Crippen LogP) is 5.16. The van der Waals surface area contributed by atoms with Crippen LogP contribution in [0.2, 0.25) is 0 Å². The second-order valence-electron chi connectivity index (χ2n) is 7.82. The van der Waals surface area contributed by atoms with Crippen LogP contribution in [-0.4, -0.2) is 50.9 Å². The lowest BCUT2D eigenvalue weighted by atomic mass is 10.2. The van der Waals surface area contributed by atoms with Gasteiger partial charge in [0.05, 0.1) is 29.3 Å². The third kappa shape index (κ3) is 6.05. The summed E-state index contributed by atoms with van der Waals surface area (Å²) in [5, 5.41) is 3.16. The zero-order valence-corrected chi connectivity index (χ0v) is 21.6. The van der Waals surface area contributed by atoms with Gasteiger partial charge in [-0.1, -0.05) is 38.0 Å². The average molecular weight is 506 g/mol. The number of methoxy groups -OCH3 is 2. The first kappa shape index (κ1) is 25.9. The molecule has 1 N–H and O–H groups in total. The molecule has 1 heterocycles. The van der Waals surface area contributed by atoms with Crippen LogP contribution in [-0.2, 0) is 10.0 Å². The van der Waals surface area contributed by atoms with Crippen LogP contribution < -0.4 is 14.8 Å². The van der Waals surface area contributed by atoms with Crippen molar-refractivity contribution in [2.75, 3.05) is 32.6 Å². The number of unbranched alkanes of at least 4 members (excludes halogenated alkanes) is 2. The Kier molecular flexibility index (Phi) is 8.87. The highest BCUT2D eigenvalue weighted by Gasteiger charge is 2.24. The molecule has 0 radical (unpaired) electrons. The van der Waals surface area contributed by atoms with Crippen molar-refractivity contribution in [3.63, 3.8) is 0 Å². The van der Waals surface area contributed by atoms with Gasteiger partial charge in [0.2, 0.25) is 10.0 Å². The molecule has 0 fully saturated rings. The minimum atomic E-state index is -3.61. The summed E-state index contributed by atoms with van der Waals surface area (Å²) in [5.74, 6) is 0.633. The minimum Gasteiger partial charge on any atom is -0.497 e. The first-order valence-electron chi connectivity index (χ1n) is 11.3. The lowest BCUT2D eigenvalue weighted by molar-refractivity contribution is 0.102. The largest absolute Gasteiger partial charge is 0.497 e. The summed E-state index contributed by atoms with van der Waals surface area (Å²) in [6.45, 7) is 5.10. The first-order chi connectivity index (χ1) is 16.3. The molecule has 0 aliphatic rings. The Morgan fingerprint density at radius 1 is 1.00 bits per heavy atom. The molecule has 0 aliphatic heterocycles. The van der Waals surface area contributed by atoms with Crippen molar-refractivity contribution in [3.05, 3.63) is 42.0 Å². The summed E-state index contributed by atoms with van der Waals surface area (Å²) in [4.78, 5) is 17.5. The molecule has 0 aliphatic carbocycles. The molecular weight excluding hydrogens is 474 g/mol. The minimum absolute atomic E-state index is 0.242. The number of carbonyl (C=O) groups is 1. The number of rotatable bonds is 12. The molecule has 0 saturated heterocycles. The number of nitrogens with one attached hydrogen (secondary N) is 1. The SMILES string of the molecule is CCCCN(CCCC)S(=O)(=O)c1ccc2nc(NC(=O)c3cc(OC)cc(OC)c3)sc2c1. The van der Waals surface area contributed by atoms with Crippen LogP contribution in [0, 0.1) is 0 Å². The van der Waals surface area contributed by atoms with Crippen LogP contribution in [0.4, 0.5) is 5.13 Å². The quantitative estimate of drug-likeness (QED) is 0.365. The van der Waals surface area contributed by atoms with Gasteiger partial charge in [0, 0.05) is 24.7 Å². The van der Waals surface area contributed by atoms with Crippen molar-refractivity contribution in [2.45, 2.75) is 44.4 Å². The van der Waals surface area contributed by atoms with Crippen molar-refractivity contribution in [1.82, 2.24) is 9.29 Å². The fourth-order valence-electron chi connectivity index (χ4n) is 3.40. The van der Waals surface area contributed by atoms with Gasteiger partial charge in [0.1, 0.15) is 11.5 Å². The maximum Gasteiger partial charge on any atom is 0.257 e. The number of hydrogen-bond donors (Lipinski definition) is 1. The second kappa shape index (κ2) is 11.6. The number of ether oxygens (including phenoxy) is 2. The van der Waals surface area contributed by atoms with Crippen LogP contribution in [0.15, 0.2) is 41.3 Å². The molecule has 1 aromatic heterocycles. The zero-order valence-electron chi connectivity index (χ0n) is 20.0. The number of nitrogens with zero attached hydrogens (tertiary/aromatic N) is 2. The van der Waals surface area contributed by atoms with Gasteiger partial charge in [0.15, 0.2) is 5.13 Å². The number of thiazole rings is 1. The van der Waals surface area contributed by atoms with Crippen molar-refractivity contribution in [3.8, 4) is 11.5 Å². The number of carbonyl (C=O) groups excluding carboxylic acids is 1. The number of fused-ring (bicyclic) bond motifs is 1. The fourth-order valence-corrected chi connectivity index (χ4v) is 5.92. The van der Waals surface area contributed by atoms with Gasteiger partial charge >= 0.3 is 0 Å². The van der Waals surface area contributed by atoms with E-state index in [9.17, 15) is 13.2 Å². The van der Waals surface area contributed by atoms with Crippen LogP contribution in [0.1, 0.15) is 49.9 Å². The van der Waals surface area contributed by atoms with Gasteiger partial charge in [0.25, 0.3) is 5.91 Å². The van der Waals surface area contributed by atoms with Gasteiger partial charge in [-0.15, -0.1) is 0 Å². The third-order valence-electron chi connectivity index (χ3n) is 5.35. The molecule has 0 bridgehead atoms. The van der Waals surface area contributed by atoms with Crippen molar-refractivity contribution in [2.24, 2.45) is 0 Å². The third-order valence-corrected chi connectivity index (χ3v) is 8.18. The summed E-state index contributed by atoms with van der Waals surface area (Å²) >= 11 is 1.23. The smallest absolute Gasteiger partial charge is 0.257 e. The monoisotopic (exact) mass is 505 g/mol. The molecule has 0 unspecified atom stereocenters. The number of aromatic nitrogens is 1. The Bertz CT molecular complexity index is 1210. The number of anilines is 1. The molecule has 8 nitrogen and oxygen atoms in total. The molecule has 3 aromatic rings. The van der Waals surface area contributed by atoms with Gasteiger partial charge in [-0.05, 0) is 43.2 Å². The van der Waals surface area contributed by atoms with Crippen LogP contribution >= 0.6 is 11.3 Å². The maximum atomic E-state index is 13.3. The summed E-state index contributed by atoms with van der Waals surface area (Å²) in [6, 6.07) is 9.80. The fraction of sp³-hybridized carbons (Fsp3) is 0.417. The van der Waals surface area contributed by atoms with Crippen molar-refractivity contribution >= 4 is 42.6 Å². The Morgan fingerprint density at radius 3 is 2.18 bits per heavy atom. The van der Waals surface area contributed by atoms with Crippen LogP contribution in [0.5, 0.6) is 11.5 Å². The average Bonchev–Trinajstić information content (AvgIpc) is 3.24.